The molecule has 9 heteroatoms. The van der Waals surface area contributed by atoms with Gasteiger partial charge >= 0.3 is 0 Å². The first-order valence-corrected chi connectivity index (χ1v) is 9.86. The summed E-state index contributed by atoms with van der Waals surface area (Å²) in [4.78, 5) is 24.5. The molecule has 2 heterocycles. The normalized spacial score (nSPS) is 19.4. The van der Waals surface area contributed by atoms with E-state index in [2.05, 4.69) is 15.3 Å². The highest BCUT2D eigenvalue weighted by Gasteiger charge is 2.34. The lowest BCUT2D eigenvalue weighted by Gasteiger charge is -2.26. The number of carbonyl (C=O) groups excluding carboxylic acids is 1. The van der Waals surface area contributed by atoms with Crippen molar-refractivity contribution in [3.63, 3.8) is 0 Å². The van der Waals surface area contributed by atoms with Gasteiger partial charge in [-0.05, 0) is 27.4 Å². The van der Waals surface area contributed by atoms with Gasteiger partial charge in [-0.3, -0.25) is 4.79 Å². The molecule has 1 aromatic heterocycles. The van der Waals surface area contributed by atoms with Gasteiger partial charge in [-0.25, -0.2) is 18.4 Å². The van der Waals surface area contributed by atoms with Crippen LogP contribution < -0.4 is 5.32 Å². The highest BCUT2D eigenvalue weighted by atomic mass is 32.2. The number of rotatable bonds is 7. The van der Waals surface area contributed by atoms with Crippen LogP contribution in [0, 0.1) is 0 Å². The van der Waals surface area contributed by atoms with E-state index in [0.717, 1.165) is 6.54 Å². The molecule has 0 aromatic carbocycles. The summed E-state index contributed by atoms with van der Waals surface area (Å²) in [6, 6.07) is 1.34. The van der Waals surface area contributed by atoms with E-state index in [-0.39, 0.29) is 29.1 Å². The average Bonchev–Trinajstić information content (AvgIpc) is 2.88. The van der Waals surface area contributed by atoms with Crippen molar-refractivity contribution in [3.05, 3.63) is 18.1 Å². The number of amides is 1. The Labute approximate surface area is 143 Å². The molecule has 1 aromatic rings. The lowest BCUT2D eigenvalue weighted by atomic mass is 10.2. The molecule has 1 amide bonds. The molecule has 1 aliphatic rings. The van der Waals surface area contributed by atoms with Crippen LogP contribution in [0.3, 0.4) is 0 Å². The monoisotopic (exact) mass is 355 g/mol. The molecule has 2 rings (SSSR count). The van der Waals surface area contributed by atoms with Crippen molar-refractivity contribution in [2.24, 2.45) is 0 Å². The average molecular weight is 355 g/mol. The van der Waals surface area contributed by atoms with Gasteiger partial charge in [0, 0.05) is 31.7 Å². The van der Waals surface area contributed by atoms with Crippen molar-refractivity contribution < 1.29 is 13.2 Å². The van der Waals surface area contributed by atoms with Crippen LogP contribution in [-0.2, 0) is 9.84 Å². The summed E-state index contributed by atoms with van der Waals surface area (Å²) in [5, 5.41) is 3.15. The van der Waals surface area contributed by atoms with Gasteiger partial charge in [0.05, 0.1) is 11.5 Å². The Morgan fingerprint density at radius 3 is 2.71 bits per heavy atom. The van der Waals surface area contributed by atoms with Gasteiger partial charge in [0.15, 0.2) is 9.84 Å². The predicted octanol–water partition coefficient (Wildman–Crippen LogP) is 0.0993. The SMILES string of the molecule is CCN(C(=O)c1cc(NCCN(C)C)ncn1)C1CCS(=O)(=O)C1. The highest BCUT2D eigenvalue weighted by molar-refractivity contribution is 7.91. The summed E-state index contributed by atoms with van der Waals surface area (Å²) in [6.07, 6.45) is 1.84. The van der Waals surface area contributed by atoms with Crippen LogP contribution in [-0.4, -0.2) is 85.4 Å². The molecule has 1 aliphatic heterocycles. The standard InChI is InChI=1S/C15H25N5O3S/c1-4-20(12-5-8-24(22,23)10-12)15(21)13-9-14(18-11-17-13)16-6-7-19(2)3/h9,11-12H,4-8,10H2,1-3H3,(H,16,17,18). The molecule has 1 N–H and O–H groups in total. The Hall–Kier alpha value is -1.74. The van der Waals surface area contributed by atoms with Gasteiger partial charge in [0.1, 0.15) is 17.8 Å². The molecule has 0 spiro atoms. The number of sulfone groups is 1. The molecule has 0 bridgehead atoms. The fourth-order valence-electron chi connectivity index (χ4n) is 2.71. The zero-order chi connectivity index (χ0) is 17.7. The number of aromatic nitrogens is 2. The maximum absolute atomic E-state index is 12.7. The number of likely N-dealkylation sites (N-methyl/N-ethyl adjacent to an activating group) is 1. The number of nitrogens with one attached hydrogen (secondary N) is 1. The second-order valence-corrected chi connectivity index (χ2v) is 8.40. The molecular formula is C15H25N5O3S. The van der Waals surface area contributed by atoms with Crippen LogP contribution in [0.25, 0.3) is 0 Å². The lowest BCUT2D eigenvalue weighted by molar-refractivity contribution is 0.0702. The first-order valence-electron chi connectivity index (χ1n) is 8.04. The molecule has 0 radical (unpaired) electrons. The Morgan fingerprint density at radius 1 is 1.38 bits per heavy atom. The lowest BCUT2D eigenvalue weighted by Crippen LogP contribution is -2.41. The maximum atomic E-state index is 12.7. The topological polar surface area (TPSA) is 95.5 Å². The Morgan fingerprint density at radius 2 is 2.12 bits per heavy atom. The molecule has 24 heavy (non-hydrogen) atoms. The molecule has 134 valence electrons. The van der Waals surface area contributed by atoms with E-state index < -0.39 is 9.84 Å². The molecule has 1 saturated heterocycles. The van der Waals surface area contributed by atoms with E-state index in [4.69, 9.17) is 0 Å². The minimum absolute atomic E-state index is 0.0333. The summed E-state index contributed by atoms with van der Waals surface area (Å²) in [5.74, 6) is 0.511. The first-order chi connectivity index (χ1) is 11.3. The zero-order valence-corrected chi connectivity index (χ0v) is 15.2. The van der Waals surface area contributed by atoms with Crippen LogP contribution in [0.4, 0.5) is 5.82 Å². The van der Waals surface area contributed by atoms with Crippen molar-refractivity contribution in [3.8, 4) is 0 Å². The third kappa shape index (κ3) is 4.88. The van der Waals surface area contributed by atoms with Crippen LogP contribution in [0.15, 0.2) is 12.4 Å². The molecule has 8 nitrogen and oxygen atoms in total. The van der Waals surface area contributed by atoms with E-state index in [9.17, 15) is 13.2 Å². The zero-order valence-electron chi connectivity index (χ0n) is 14.4. The van der Waals surface area contributed by atoms with Gasteiger partial charge in [-0.1, -0.05) is 0 Å². The summed E-state index contributed by atoms with van der Waals surface area (Å²) < 4.78 is 23.3. The van der Waals surface area contributed by atoms with Crippen molar-refractivity contribution in [2.45, 2.75) is 19.4 Å². The highest BCUT2D eigenvalue weighted by Crippen LogP contribution is 2.19. The van der Waals surface area contributed by atoms with Crippen LogP contribution in [0.5, 0.6) is 0 Å². The molecule has 0 saturated carbocycles. The number of anilines is 1. The molecule has 1 unspecified atom stereocenters. The van der Waals surface area contributed by atoms with Crippen LogP contribution in [0.1, 0.15) is 23.8 Å². The van der Waals surface area contributed by atoms with Gasteiger partial charge in [0.25, 0.3) is 5.91 Å². The minimum atomic E-state index is -3.04. The smallest absolute Gasteiger partial charge is 0.272 e. The fraction of sp³-hybridized carbons (Fsp3) is 0.667. The van der Waals surface area contributed by atoms with Crippen LogP contribution >= 0.6 is 0 Å². The van der Waals surface area contributed by atoms with E-state index in [0.29, 0.717) is 25.3 Å². The second-order valence-electron chi connectivity index (χ2n) is 6.17. The Balaban J connectivity index is 2.07. The van der Waals surface area contributed by atoms with Gasteiger partial charge in [-0.2, -0.15) is 0 Å². The van der Waals surface area contributed by atoms with E-state index >= 15 is 0 Å². The van der Waals surface area contributed by atoms with Crippen LogP contribution in [0.2, 0.25) is 0 Å². The Kier molecular flexibility index (Phi) is 6.11. The van der Waals surface area contributed by atoms with Crippen molar-refractivity contribution in [2.75, 3.05) is 50.6 Å². The fourth-order valence-corrected chi connectivity index (χ4v) is 4.45. The summed E-state index contributed by atoms with van der Waals surface area (Å²) in [6.45, 7) is 3.84. The summed E-state index contributed by atoms with van der Waals surface area (Å²) in [5.41, 5.74) is 0.281. The number of hydrogen-bond acceptors (Lipinski definition) is 7. The minimum Gasteiger partial charge on any atom is -0.369 e. The molecule has 0 aliphatic carbocycles. The van der Waals surface area contributed by atoms with Gasteiger partial charge in [0.2, 0.25) is 0 Å². The molecule has 1 fully saturated rings. The number of hydrogen-bond donors (Lipinski definition) is 1. The maximum Gasteiger partial charge on any atom is 0.272 e. The number of nitrogens with zero attached hydrogens (tertiary/aromatic N) is 4. The Bertz CT molecular complexity index is 677. The van der Waals surface area contributed by atoms with E-state index in [1.54, 1.807) is 11.0 Å². The molecule has 1 atom stereocenters. The largest absolute Gasteiger partial charge is 0.369 e. The second kappa shape index (κ2) is 7.89. The predicted molar refractivity (Wildman–Crippen MR) is 92.8 cm³/mol. The third-order valence-corrected chi connectivity index (χ3v) is 5.75. The van der Waals surface area contributed by atoms with E-state index in [1.165, 1.54) is 6.33 Å². The third-order valence-electron chi connectivity index (χ3n) is 4.00. The van der Waals surface area contributed by atoms with Gasteiger partial charge in [-0.15, -0.1) is 0 Å². The van der Waals surface area contributed by atoms with Crippen molar-refractivity contribution in [1.82, 2.24) is 19.8 Å². The van der Waals surface area contributed by atoms with Crippen molar-refractivity contribution >= 4 is 21.6 Å². The first kappa shape index (κ1) is 18.6. The van der Waals surface area contributed by atoms with Crippen molar-refractivity contribution in [1.29, 1.82) is 0 Å². The summed E-state index contributed by atoms with van der Waals surface area (Å²) >= 11 is 0. The summed E-state index contributed by atoms with van der Waals surface area (Å²) in [7, 11) is 0.917. The quantitative estimate of drug-likeness (QED) is 0.741. The number of carbonyl (C=O) groups is 1. The van der Waals surface area contributed by atoms with E-state index in [1.807, 2.05) is 25.9 Å². The molecular weight excluding hydrogens is 330 g/mol. The van der Waals surface area contributed by atoms with Gasteiger partial charge < -0.3 is 15.1 Å².